The summed E-state index contributed by atoms with van der Waals surface area (Å²) in [7, 11) is 0. The lowest BCUT2D eigenvalue weighted by molar-refractivity contribution is 0.660. The zero-order valence-electron chi connectivity index (χ0n) is 53.3. The van der Waals surface area contributed by atoms with Gasteiger partial charge in [-0.05, 0) is 83.8 Å². The molecule has 0 aliphatic heterocycles. The van der Waals surface area contributed by atoms with Gasteiger partial charge in [-0.2, -0.15) is 0 Å². The van der Waals surface area contributed by atoms with E-state index in [0.29, 0.717) is 0 Å². The molecule has 51 heavy (non-hydrogen) atoms. The standard InChI is InChI=1S/C48H33N3/c1-48(2)43-22-11-10-21-40(43)42-29-34(24-26-44(42)48)47-50-45(30-13-4-3-5-14-30)49-46(51-47)33-16-12-15-31(27-33)32-23-25-39-37-19-7-6-17-35(37)36-18-8-9-20-38(36)41(39)28-32/h3-29H,1-2H3/i3D,4D,5D,6D,7D,8D,9D,10D,11D,12D,13D,14D,15D,16D,17D,18D,19D,20D,21D,22D,23D,24D,25D,26D,27D,28D,29D. The molecular weight excluding hydrogens is 619 g/mol. The molecule has 0 spiro atoms. The summed E-state index contributed by atoms with van der Waals surface area (Å²) in [5.74, 6) is -2.49. The Bertz CT molecular complexity index is 4310. The average Bonchev–Trinajstić information content (AvgIpc) is 3.84. The molecule has 1 aliphatic carbocycles. The van der Waals surface area contributed by atoms with E-state index in [1.165, 1.54) is 13.8 Å². The fourth-order valence-electron chi connectivity index (χ4n) is 6.20. The number of aromatic nitrogens is 3. The van der Waals surface area contributed by atoms with Crippen molar-refractivity contribution in [3.8, 4) is 56.4 Å². The van der Waals surface area contributed by atoms with E-state index in [1.54, 1.807) is 0 Å². The van der Waals surface area contributed by atoms with E-state index >= 15 is 0 Å². The van der Waals surface area contributed by atoms with Gasteiger partial charge in [0.15, 0.2) is 17.5 Å². The fraction of sp³-hybridized carbons (Fsp3) is 0.0625. The molecule has 0 radical (unpaired) electrons. The van der Waals surface area contributed by atoms with Gasteiger partial charge in [-0.1, -0.05) is 159 Å². The molecule has 0 N–H and O–H groups in total. The van der Waals surface area contributed by atoms with Crippen LogP contribution in [0.2, 0.25) is 0 Å². The number of hydrogen-bond donors (Lipinski definition) is 0. The molecule has 10 rings (SSSR count). The van der Waals surface area contributed by atoms with E-state index in [0.717, 1.165) is 0 Å². The molecule has 240 valence electrons. The highest BCUT2D eigenvalue weighted by atomic mass is 15.0. The Kier molecular flexibility index (Phi) is 2.88. The van der Waals surface area contributed by atoms with Crippen molar-refractivity contribution in [1.82, 2.24) is 15.0 Å². The lowest BCUT2D eigenvalue weighted by Gasteiger charge is -2.21. The Labute approximate surface area is 334 Å². The zero-order chi connectivity index (χ0) is 57.6. The summed E-state index contributed by atoms with van der Waals surface area (Å²) >= 11 is 0. The largest absolute Gasteiger partial charge is 0.208 e. The summed E-state index contributed by atoms with van der Waals surface area (Å²) in [6.45, 7) is 3.08. The SMILES string of the molecule is [2H]c1c([2H])c([2H])c(-c2nc(-c3c([2H])c([2H])c([2H])c(-c4c([2H])c([2H])c5c6c([2H])c([2H])c([2H])c([2H])c6c6c([2H])c([2H])c([2H])c([2H])c6c5c4[2H])c3[2H])nc(-c3c([2H])c([2H])c4c(c3[2H])-c3c([2H])c([2H])c([2H])c([2H])c3C4(C)C)n2)c([2H])c1[2H]. The molecular formula is C48H33N3. The maximum atomic E-state index is 9.77. The minimum Gasteiger partial charge on any atom is -0.208 e. The van der Waals surface area contributed by atoms with Gasteiger partial charge in [0, 0.05) is 22.1 Å². The number of fused-ring (bicyclic) bond motifs is 9. The van der Waals surface area contributed by atoms with Crippen molar-refractivity contribution in [3.63, 3.8) is 0 Å². The number of rotatable bonds is 4. The maximum absolute atomic E-state index is 9.77. The monoisotopic (exact) mass is 678 g/mol. The van der Waals surface area contributed by atoms with Crippen LogP contribution in [0.3, 0.4) is 0 Å². The maximum Gasteiger partial charge on any atom is 0.164 e. The predicted octanol–water partition coefficient (Wildman–Crippen LogP) is 12.3. The molecule has 3 nitrogen and oxygen atoms in total. The predicted molar refractivity (Wildman–Crippen MR) is 212 cm³/mol. The smallest absolute Gasteiger partial charge is 0.164 e. The molecule has 0 saturated heterocycles. The third kappa shape index (κ3) is 4.69. The minimum absolute atomic E-state index is 0.0000989. The van der Waals surface area contributed by atoms with Crippen LogP contribution in [0.5, 0.6) is 0 Å². The lowest BCUT2D eigenvalue weighted by Crippen LogP contribution is -2.14. The Balaban J connectivity index is 1.37. The fourth-order valence-corrected chi connectivity index (χ4v) is 6.20. The first kappa shape index (κ1) is 13.0. The molecule has 1 aromatic heterocycles. The lowest BCUT2D eigenvalue weighted by atomic mass is 9.82. The third-order valence-electron chi connectivity index (χ3n) is 8.62. The number of hydrogen-bond acceptors (Lipinski definition) is 3. The van der Waals surface area contributed by atoms with Crippen molar-refractivity contribution < 1.29 is 37.0 Å². The van der Waals surface area contributed by atoms with Crippen molar-refractivity contribution in [3.05, 3.63) is 174 Å². The molecule has 0 fully saturated rings. The summed E-state index contributed by atoms with van der Waals surface area (Å²) in [6, 6.07) is -22.4. The Morgan fingerprint density at radius 3 is 1.53 bits per heavy atom. The van der Waals surface area contributed by atoms with Crippen molar-refractivity contribution in [1.29, 1.82) is 0 Å². The van der Waals surface area contributed by atoms with Gasteiger partial charge >= 0.3 is 0 Å². The van der Waals surface area contributed by atoms with Crippen LogP contribution in [0.25, 0.3) is 88.7 Å². The highest BCUT2D eigenvalue weighted by Crippen LogP contribution is 2.49. The second-order valence-electron chi connectivity index (χ2n) is 11.9. The van der Waals surface area contributed by atoms with E-state index in [4.69, 9.17) is 24.7 Å². The van der Waals surface area contributed by atoms with Gasteiger partial charge in [0.05, 0.1) is 37.0 Å². The first-order chi connectivity index (χ1) is 36.3. The highest BCUT2D eigenvalue weighted by molar-refractivity contribution is 6.25. The molecule has 8 aromatic carbocycles. The summed E-state index contributed by atoms with van der Waals surface area (Å²) in [5.41, 5.74) is -5.77. The second-order valence-corrected chi connectivity index (χ2v) is 11.9. The Morgan fingerprint density at radius 1 is 0.353 bits per heavy atom. The van der Waals surface area contributed by atoms with Crippen LogP contribution < -0.4 is 0 Å². The summed E-state index contributed by atoms with van der Waals surface area (Å²) < 4.78 is 242. The number of benzene rings is 8. The molecule has 0 bridgehead atoms. The molecule has 0 unspecified atom stereocenters. The molecule has 1 heterocycles. The topological polar surface area (TPSA) is 38.7 Å². The van der Waals surface area contributed by atoms with Gasteiger partial charge in [0.2, 0.25) is 0 Å². The Hall–Kier alpha value is -6.45. The summed E-state index contributed by atoms with van der Waals surface area (Å²) in [4.78, 5) is 13.2. The van der Waals surface area contributed by atoms with Crippen LogP contribution in [0.4, 0.5) is 0 Å². The third-order valence-corrected chi connectivity index (χ3v) is 8.62. The van der Waals surface area contributed by atoms with Crippen LogP contribution in [0.1, 0.15) is 62.0 Å². The van der Waals surface area contributed by atoms with Crippen LogP contribution in [-0.4, -0.2) is 15.0 Å². The highest BCUT2D eigenvalue weighted by Gasteiger charge is 2.35. The molecule has 0 atom stereocenters. The average molecular weight is 679 g/mol. The van der Waals surface area contributed by atoms with Gasteiger partial charge in [0.25, 0.3) is 0 Å². The molecule has 0 amide bonds. The van der Waals surface area contributed by atoms with E-state index in [1.807, 2.05) is 0 Å². The quantitative estimate of drug-likeness (QED) is 0.174. The normalized spacial score (nSPS) is 20.5. The second kappa shape index (κ2) is 11.3. The van der Waals surface area contributed by atoms with Gasteiger partial charge < -0.3 is 0 Å². The van der Waals surface area contributed by atoms with E-state index in [2.05, 4.69) is 15.0 Å². The summed E-state index contributed by atoms with van der Waals surface area (Å²) in [6.07, 6.45) is 0. The summed E-state index contributed by atoms with van der Waals surface area (Å²) in [5, 5.41) is -3.12. The van der Waals surface area contributed by atoms with Crippen LogP contribution in [0, 0.1) is 0 Å². The zero-order valence-corrected chi connectivity index (χ0v) is 26.3. The molecule has 1 aliphatic rings. The van der Waals surface area contributed by atoms with Crippen molar-refractivity contribution >= 4 is 32.3 Å². The van der Waals surface area contributed by atoms with Gasteiger partial charge in [-0.25, -0.2) is 15.0 Å². The number of nitrogens with zero attached hydrogens (tertiary/aromatic N) is 3. The van der Waals surface area contributed by atoms with Gasteiger partial charge in [-0.15, -0.1) is 0 Å². The van der Waals surface area contributed by atoms with Crippen LogP contribution in [0.15, 0.2) is 163 Å². The van der Waals surface area contributed by atoms with Crippen molar-refractivity contribution in [2.45, 2.75) is 19.3 Å². The van der Waals surface area contributed by atoms with Crippen molar-refractivity contribution in [2.75, 3.05) is 0 Å². The molecule has 9 aromatic rings. The van der Waals surface area contributed by atoms with E-state index in [-0.39, 0.29) is 22.3 Å². The molecule has 0 saturated carbocycles. The minimum atomic E-state index is -1.41. The first-order valence-corrected chi connectivity index (χ1v) is 15.3. The van der Waals surface area contributed by atoms with Crippen molar-refractivity contribution in [2.24, 2.45) is 0 Å². The van der Waals surface area contributed by atoms with Gasteiger partial charge in [0.1, 0.15) is 0 Å². The first-order valence-electron chi connectivity index (χ1n) is 28.8. The van der Waals surface area contributed by atoms with E-state index in [9.17, 15) is 12.3 Å². The van der Waals surface area contributed by atoms with Crippen LogP contribution >= 0.6 is 0 Å². The molecule has 3 heteroatoms. The van der Waals surface area contributed by atoms with Gasteiger partial charge in [-0.3, -0.25) is 0 Å². The van der Waals surface area contributed by atoms with E-state index < -0.39 is 246 Å². The van der Waals surface area contributed by atoms with Crippen LogP contribution in [-0.2, 0) is 5.41 Å². The Morgan fingerprint density at radius 2 is 0.824 bits per heavy atom.